The summed E-state index contributed by atoms with van der Waals surface area (Å²) in [7, 11) is 0. The SMILES string of the molecule is N#C[C@@H](CO)c1ccc(Br)cc1. The fourth-order valence-electron chi connectivity index (χ4n) is 0.916. The average molecular weight is 226 g/mol. The first-order chi connectivity index (χ1) is 5.77. The summed E-state index contributed by atoms with van der Waals surface area (Å²) < 4.78 is 0.973. The number of nitrogens with zero attached hydrogens (tertiary/aromatic N) is 1. The molecule has 62 valence electrons. The van der Waals surface area contributed by atoms with Crippen molar-refractivity contribution in [2.45, 2.75) is 5.92 Å². The Balaban J connectivity index is 2.89. The highest BCUT2D eigenvalue weighted by Crippen LogP contribution is 2.17. The van der Waals surface area contributed by atoms with Gasteiger partial charge in [0.15, 0.2) is 0 Å². The van der Waals surface area contributed by atoms with Crippen LogP contribution in [0.4, 0.5) is 0 Å². The monoisotopic (exact) mass is 225 g/mol. The number of hydrogen-bond donors (Lipinski definition) is 1. The lowest BCUT2D eigenvalue weighted by Crippen LogP contribution is -2.00. The van der Waals surface area contributed by atoms with Gasteiger partial charge in [0.2, 0.25) is 0 Å². The van der Waals surface area contributed by atoms with Crippen molar-refractivity contribution in [2.75, 3.05) is 6.61 Å². The second-order valence-corrected chi connectivity index (χ2v) is 3.33. The predicted molar refractivity (Wildman–Crippen MR) is 49.6 cm³/mol. The van der Waals surface area contributed by atoms with E-state index in [-0.39, 0.29) is 6.61 Å². The first kappa shape index (κ1) is 9.24. The molecule has 0 saturated heterocycles. The topological polar surface area (TPSA) is 44.0 Å². The van der Waals surface area contributed by atoms with Gasteiger partial charge in [-0.2, -0.15) is 5.26 Å². The molecule has 1 N–H and O–H groups in total. The maximum absolute atomic E-state index is 8.81. The number of nitriles is 1. The van der Waals surface area contributed by atoms with E-state index in [0.29, 0.717) is 0 Å². The van der Waals surface area contributed by atoms with Gasteiger partial charge in [0, 0.05) is 4.47 Å². The Morgan fingerprint density at radius 1 is 1.42 bits per heavy atom. The summed E-state index contributed by atoms with van der Waals surface area (Å²) in [6.07, 6.45) is 0. The maximum atomic E-state index is 8.81. The lowest BCUT2D eigenvalue weighted by molar-refractivity contribution is 0.286. The highest BCUT2D eigenvalue weighted by atomic mass is 79.9. The normalized spacial score (nSPS) is 12.1. The van der Waals surface area contributed by atoms with Crippen LogP contribution in [0.25, 0.3) is 0 Å². The zero-order valence-corrected chi connectivity index (χ0v) is 7.95. The zero-order chi connectivity index (χ0) is 8.97. The Bertz CT molecular complexity index is 288. The van der Waals surface area contributed by atoms with Crippen LogP contribution in [0.2, 0.25) is 0 Å². The van der Waals surface area contributed by atoms with Crippen LogP contribution >= 0.6 is 15.9 Å². The number of aliphatic hydroxyl groups is 1. The molecule has 1 atom stereocenters. The van der Waals surface area contributed by atoms with Gasteiger partial charge in [0.1, 0.15) is 0 Å². The Morgan fingerprint density at radius 2 is 2.00 bits per heavy atom. The van der Waals surface area contributed by atoms with Gasteiger partial charge >= 0.3 is 0 Å². The van der Waals surface area contributed by atoms with Crippen LogP contribution in [0, 0.1) is 11.3 Å². The second-order valence-electron chi connectivity index (χ2n) is 2.42. The molecule has 0 aliphatic carbocycles. The lowest BCUT2D eigenvalue weighted by atomic mass is 10.0. The van der Waals surface area contributed by atoms with Crippen molar-refractivity contribution in [1.29, 1.82) is 5.26 Å². The van der Waals surface area contributed by atoms with Crippen LogP contribution in [0.15, 0.2) is 28.7 Å². The maximum Gasteiger partial charge on any atom is 0.0943 e. The van der Waals surface area contributed by atoms with E-state index in [0.717, 1.165) is 10.0 Å². The molecule has 0 aromatic heterocycles. The summed E-state index contributed by atoms with van der Waals surface area (Å²) in [6.45, 7) is -0.127. The number of halogens is 1. The Kier molecular flexibility index (Phi) is 3.27. The fourth-order valence-corrected chi connectivity index (χ4v) is 1.18. The lowest BCUT2D eigenvalue weighted by Gasteiger charge is -2.04. The summed E-state index contributed by atoms with van der Waals surface area (Å²) in [6, 6.07) is 9.39. The Hall–Kier alpha value is -0.850. The molecule has 0 radical (unpaired) electrons. The van der Waals surface area contributed by atoms with Gasteiger partial charge in [-0.1, -0.05) is 28.1 Å². The Labute approximate surface area is 79.6 Å². The average Bonchev–Trinajstić information content (AvgIpc) is 2.10. The van der Waals surface area contributed by atoms with Crippen molar-refractivity contribution < 1.29 is 5.11 Å². The molecule has 0 fully saturated rings. The minimum atomic E-state index is -0.405. The van der Waals surface area contributed by atoms with Crippen molar-refractivity contribution in [3.8, 4) is 6.07 Å². The third-order valence-electron chi connectivity index (χ3n) is 1.61. The van der Waals surface area contributed by atoms with Crippen LogP contribution in [0.3, 0.4) is 0 Å². The molecule has 2 nitrogen and oxygen atoms in total. The van der Waals surface area contributed by atoms with E-state index < -0.39 is 5.92 Å². The molecule has 1 aromatic carbocycles. The van der Waals surface area contributed by atoms with E-state index in [9.17, 15) is 0 Å². The van der Waals surface area contributed by atoms with Gasteiger partial charge in [0.05, 0.1) is 18.6 Å². The van der Waals surface area contributed by atoms with Crippen molar-refractivity contribution in [1.82, 2.24) is 0 Å². The predicted octanol–water partition coefficient (Wildman–Crippen LogP) is 2.05. The largest absolute Gasteiger partial charge is 0.395 e. The molecule has 1 aromatic rings. The molecule has 0 spiro atoms. The van der Waals surface area contributed by atoms with Crippen molar-refractivity contribution in [3.63, 3.8) is 0 Å². The van der Waals surface area contributed by atoms with Gasteiger partial charge in [-0.05, 0) is 17.7 Å². The molecular formula is C9H8BrNO. The quantitative estimate of drug-likeness (QED) is 0.838. The first-order valence-corrected chi connectivity index (χ1v) is 4.33. The van der Waals surface area contributed by atoms with E-state index >= 15 is 0 Å². The van der Waals surface area contributed by atoms with Crippen LogP contribution in [0.1, 0.15) is 11.5 Å². The molecule has 12 heavy (non-hydrogen) atoms. The number of rotatable bonds is 2. The van der Waals surface area contributed by atoms with Gasteiger partial charge in [-0.3, -0.25) is 0 Å². The van der Waals surface area contributed by atoms with E-state index in [1.807, 2.05) is 30.3 Å². The smallest absolute Gasteiger partial charge is 0.0943 e. The zero-order valence-electron chi connectivity index (χ0n) is 6.37. The minimum Gasteiger partial charge on any atom is -0.395 e. The molecule has 0 aliphatic rings. The molecule has 0 heterocycles. The first-order valence-electron chi connectivity index (χ1n) is 3.54. The van der Waals surface area contributed by atoms with Gasteiger partial charge < -0.3 is 5.11 Å². The molecule has 0 bridgehead atoms. The summed E-state index contributed by atoms with van der Waals surface area (Å²) >= 11 is 3.29. The fraction of sp³-hybridized carbons (Fsp3) is 0.222. The number of aliphatic hydroxyl groups excluding tert-OH is 1. The van der Waals surface area contributed by atoms with Crippen molar-refractivity contribution in [2.24, 2.45) is 0 Å². The highest BCUT2D eigenvalue weighted by molar-refractivity contribution is 9.10. The summed E-state index contributed by atoms with van der Waals surface area (Å²) in [5, 5.41) is 17.4. The van der Waals surface area contributed by atoms with E-state index in [1.165, 1.54) is 0 Å². The molecule has 0 aliphatic heterocycles. The van der Waals surface area contributed by atoms with E-state index in [4.69, 9.17) is 10.4 Å². The molecular weight excluding hydrogens is 218 g/mol. The van der Waals surface area contributed by atoms with E-state index in [1.54, 1.807) is 0 Å². The minimum absolute atomic E-state index is 0.127. The summed E-state index contributed by atoms with van der Waals surface area (Å²) in [4.78, 5) is 0. The van der Waals surface area contributed by atoms with Gasteiger partial charge in [-0.15, -0.1) is 0 Å². The second kappa shape index (κ2) is 4.24. The van der Waals surface area contributed by atoms with Gasteiger partial charge in [0.25, 0.3) is 0 Å². The third kappa shape index (κ3) is 2.07. The molecule has 0 amide bonds. The number of benzene rings is 1. The molecule has 0 unspecified atom stereocenters. The highest BCUT2D eigenvalue weighted by Gasteiger charge is 2.07. The Morgan fingerprint density at radius 3 is 2.42 bits per heavy atom. The van der Waals surface area contributed by atoms with Crippen molar-refractivity contribution in [3.05, 3.63) is 34.3 Å². The van der Waals surface area contributed by atoms with Crippen LogP contribution in [-0.2, 0) is 0 Å². The summed E-state index contributed by atoms with van der Waals surface area (Å²) in [5.74, 6) is -0.405. The van der Waals surface area contributed by atoms with Crippen LogP contribution in [0.5, 0.6) is 0 Å². The van der Waals surface area contributed by atoms with Gasteiger partial charge in [-0.25, -0.2) is 0 Å². The molecule has 3 heteroatoms. The van der Waals surface area contributed by atoms with Crippen LogP contribution in [-0.4, -0.2) is 11.7 Å². The van der Waals surface area contributed by atoms with Crippen LogP contribution < -0.4 is 0 Å². The molecule has 1 rings (SSSR count). The van der Waals surface area contributed by atoms with Crippen molar-refractivity contribution >= 4 is 15.9 Å². The summed E-state index contributed by atoms with van der Waals surface area (Å²) in [5.41, 5.74) is 0.850. The third-order valence-corrected chi connectivity index (χ3v) is 2.14. The standard InChI is InChI=1S/C9H8BrNO/c10-9-3-1-7(2-4-9)8(5-11)6-12/h1-4,8,12H,6H2/t8-/m0/s1. The van der Waals surface area contributed by atoms with E-state index in [2.05, 4.69) is 15.9 Å². The molecule has 0 saturated carbocycles. The number of hydrogen-bond acceptors (Lipinski definition) is 2.